The van der Waals surface area contributed by atoms with Gasteiger partial charge in [-0.3, -0.25) is 4.79 Å². The van der Waals surface area contributed by atoms with Gasteiger partial charge in [-0.1, -0.05) is 6.42 Å². The topological polar surface area (TPSA) is 41.1 Å². The van der Waals surface area contributed by atoms with Crippen LogP contribution in [0.1, 0.15) is 32.1 Å². The van der Waals surface area contributed by atoms with Crippen LogP contribution in [-0.2, 0) is 4.79 Å². The van der Waals surface area contributed by atoms with E-state index >= 15 is 0 Å². The van der Waals surface area contributed by atoms with E-state index in [1.165, 1.54) is 37.9 Å². The molecule has 1 unspecified atom stereocenters. The van der Waals surface area contributed by atoms with Crippen LogP contribution in [0, 0.1) is 5.92 Å². The van der Waals surface area contributed by atoms with E-state index in [1.807, 2.05) is 11.8 Å². The summed E-state index contributed by atoms with van der Waals surface area (Å²) in [5.41, 5.74) is 0. The minimum absolute atomic E-state index is 0.159. The second-order valence-corrected chi connectivity index (χ2v) is 6.28. The maximum atomic E-state index is 11.5. The van der Waals surface area contributed by atoms with Crippen LogP contribution >= 0.6 is 11.8 Å². The average Bonchev–Trinajstić information content (AvgIpc) is 3.12. The van der Waals surface area contributed by atoms with Gasteiger partial charge in [-0.15, -0.1) is 0 Å². The summed E-state index contributed by atoms with van der Waals surface area (Å²) in [6, 6.07) is 0. The van der Waals surface area contributed by atoms with Gasteiger partial charge in [0.1, 0.15) is 0 Å². The molecular weight excluding hydrogens is 220 g/mol. The second-order valence-electron chi connectivity index (χ2n) is 4.87. The molecule has 0 aromatic heterocycles. The smallest absolute Gasteiger partial charge is 0.233 e. The number of carbonyl (C=O) groups excluding carboxylic acids is 1. The van der Waals surface area contributed by atoms with E-state index in [1.54, 1.807) is 0 Å². The van der Waals surface area contributed by atoms with Crippen LogP contribution in [0.25, 0.3) is 0 Å². The molecule has 1 saturated carbocycles. The van der Waals surface area contributed by atoms with Gasteiger partial charge in [0.15, 0.2) is 0 Å². The van der Waals surface area contributed by atoms with Gasteiger partial charge in [0, 0.05) is 11.8 Å². The Morgan fingerprint density at radius 2 is 2.06 bits per heavy atom. The summed E-state index contributed by atoms with van der Waals surface area (Å²) < 4.78 is 0. The summed E-state index contributed by atoms with van der Waals surface area (Å²) in [5.74, 6) is 2.27. The Morgan fingerprint density at radius 3 is 2.75 bits per heavy atom. The minimum Gasteiger partial charge on any atom is -0.354 e. The summed E-state index contributed by atoms with van der Waals surface area (Å²) in [4.78, 5) is 11.5. The predicted molar refractivity (Wildman–Crippen MR) is 68.7 cm³/mol. The van der Waals surface area contributed by atoms with Crippen LogP contribution < -0.4 is 10.6 Å². The fourth-order valence-corrected chi connectivity index (χ4v) is 3.21. The molecule has 0 aromatic carbocycles. The highest BCUT2D eigenvalue weighted by Crippen LogP contribution is 2.27. The number of thioether (sulfide) groups is 1. The van der Waals surface area contributed by atoms with E-state index in [-0.39, 0.29) is 5.91 Å². The Balaban J connectivity index is 1.48. The molecule has 1 aliphatic carbocycles. The first-order valence-electron chi connectivity index (χ1n) is 6.43. The van der Waals surface area contributed by atoms with Crippen LogP contribution in [0.2, 0.25) is 0 Å². The van der Waals surface area contributed by atoms with Crippen molar-refractivity contribution in [2.45, 2.75) is 37.4 Å². The molecule has 2 aliphatic rings. The summed E-state index contributed by atoms with van der Waals surface area (Å²) in [5, 5.41) is 6.89. The van der Waals surface area contributed by atoms with Crippen molar-refractivity contribution in [1.82, 2.24) is 10.6 Å². The van der Waals surface area contributed by atoms with Crippen molar-refractivity contribution in [2.24, 2.45) is 5.92 Å². The van der Waals surface area contributed by atoms with E-state index in [2.05, 4.69) is 10.6 Å². The molecule has 0 radical (unpaired) electrons. The molecule has 16 heavy (non-hydrogen) atoms. The first kappa shape index (κ1) is 12.2. The van der Waals surface area contributed by atoms with Crippen molar-refractivity contribution >= 4 is 17.7 Å². The minimum atomic E-state index is 0.159. The average molecular weight is 242 g/mol. The highest BCUT2D eigenvalue weighted by atomic mass is 32.2. The first-order valence-corrected chi connectivity index (χ1v) is 7.48. The van der Waals surface area contributed by atoms with Crippen LogP contribution in [0.3, 0.4) is 0 Å². The van der Waals surface area contributed by atoms with E-state index in [0.29, 0.717) is 11.8 Å². The quantitative estimate of drug-likeness (QED) is 0.739. The van der Waals surface area contributed by atoms with Crippen LogP contribution in [0.5, 0.6) is 0 Å². The number of hydrogen-bond donors (Lipinski definition) is 2. The monoisotopic (exact) mass is 242 g/mol. The van der Waals surface area contributed by atoms with Gasteiger partial charge in [0.05, 0.1) is 6.54 Å². The molecule has 4 heteroatoms. The molecule has 2 N–H and O–H groups in total. The van der Waals surface area contributed by atoms with Gasteiger partial charge in [-0.05, 0) is 43.9 Å². The van der Waals surface area contributed by atoms with E-state index in [4.69, 9.17) is 0 Å². The Labute approximate surface area is 102 Å². The fourth-order valence-electron chi connectivity index (χ4n) is 1.97. The van der Waals surface area contributed by atoms with Gasteiger partial charge in [0.2, 0.25) is 5.91 Å². The summed E-state index contributed by atoms with van der Waals surface area (Å²) in [6.07, 6.45) is 6.62. The number of amides is 1. The van der Waals surface area contributed by atoms with Crippen molar-refractivity contribution in [3.8, 4) is 0 Å². The molecule has 92 valence electrons. The fraction of sp³-hybridized carbons (Fsp3) is 0.917. The lowest BCUT2D eigenvalue weighted by atomic mass is 10.2. The second kappa shape index (κ2) is 6.50. The Hall–Kier alpha value is -0.220. The predicted octanol–water partition coefficient (Wildman–Crippen LogP) is 1.39. The molecule has 2 rings (SSSR count). The molecule has 1 aliphatic heterocycles. The van der Waals surface area contributed by atoms with E-state index < -0.39 is 0 Å². The van der Waals surface area contributed by atoms with Crippen LogP contribution in [-0.4, -0.2) is 36.5 Å². The number of rotatable bonds is 6. The lowest BCUT2D eigenvalue weighted by Gasteiger charge is -2.21. The molecular formula is C12H22N2OS. The summed E-state index contributed by atoms with van der Waals surface area (Å²) >= 11 is 2.01. The van der Waals surface area contributed by atoms with Crippen molar-refractivity contribution < 1.29 is 4.79 Å². The zero-order valence-corrected chi connectivity index (χ0v) is 10.7. The standard InChI is InChI=1S/C12H22N2OS/c15-12(9-13-7-10-4-5-10)14-8-11-3-1-2-6-16-11/h10-11,13H,1-9H2,(H,14,15). The molecule has 0 spiro atoms. The zero-order valence-electron chi connectivity index (χ0n) is 9.84. The van der Waals surface area contributed by atoms with Crippen molar-refractivity contribution in [1.29, 1.82) is 0 Å². The van der Waals surface area contributed by atoms with Gasteiger partial charge in [-0.25, -0.2) is 0 Å². The summed E-state index contributed by atoms with van der Waals surface area (Å²) in [7, 11) is 0. The van der Waals surface area contributed by atoms with Gasteiger partial charge in [0.25, 0.3) is 0 Å². The molecule has 1 saturated heterocycles. The first-order chi connectivity index (χ1) is 7.84. The van der Waals surface area contributed by atoms with Crippen LogP contribution in [0.4, 0.5) is 0 Å². The van der Waals surface area contributed by atoms with E-state index in [0.717, 1.165) is 19.0 Å². The molecule has 1 atom stereocenters. The SMILES string of the molecule is O=C(CNCC1CC1)NCC1CCCCS1. The zero-order chi connectivity index (χ0) is 11.2. The largest absolute Gasteiger partial charge is 0.354 e. The highest BCUT2D eigenvalue weighted by Gasteiger charge is 2.20. The molecule has 0 bridgehead atoms. The highest BCUT2D eigenvalue weighted by molar-refractivity contribution is 7.99. The lowest BCUT2D eigenvalue weighted by Crippen LogP contribution is -2.38. The molecule has 0 aromatic rings. The molecule has 1 amide bonds. The Bertz CT molecular complexity index is 225. The normalized spacial score (nSPS) is 25.4. The van der Waals surface area contributed by atoms with Gasteiger partial charge in [-0.2, -0.15) is 11.8 Å². The number of hydrogen-bond acceptors (Lipinski definition) is 3. The molecule has 1 heterocycles. The number of carbonyl (C=O) groups is 1. The maximum absolute atomic E-state index is 11.5. The van der Waals surface area contributed by atoms with Crippen LogP contribution in [0.15, 0.2) is 0 Å². The molecule has 3 nitrogen and oxygen atoms in total. The Morgan fingerprint density at radius 1 is 1.19 bits per heavy atom. The van der Waals surface area contributed by atoms with Gasteiger partial charge >= 0.3 is 0 Å². The van der Waals surface area contributed by atoms with Crippen molar-refractivity contribution in [2.75, 3.05) is 25.4 Å². The molecule has 2 fully saturated rings. The maximum Gasteiger partial charge on any atom is 0.233 e. The number of nitrogens with one attached hydrogen (secondary N) is 2. The van der Waals surface area contributed by atoms with E-state index in [9.17, 15) is 4.79 Å². The van der Waals surface area contributed by atoms with Crippen molar-refractivity contribution in [3.63, 3.8) is 0 Å². The van der Waals surface area contributed by atoms with Gasteiger partial charge < -0.3 is 10.6 Å². The lowest BCUT2D eigenvalue weighted by molar-refractivity contribution is -0.120. The third-order valence-corrected chi connectivity index (χ3v) is 4.61. The third-order valence-electron chi connectivity index (χ3n) is 3.22. The Kier molecular flexibility index (Phi) is 4.97. The van der Waals surface area contributed by atoms with Crippen molar-refractivity contribution in [3.05, 3.63) is 0 Å². The third kappa shape index (κ3) is 4.74. The summed E-state index contributed by atoms with van der Waals surface area (Å²) in [6.45, 7) is 2.37.